The minimum atomic E-state index is -0.361. The minimum absolute atomic E-state index is 0.0168. The molecule has 1 aliphatic rings. The Labute approximate surface area is 152 Å². The number of halogens is 1. The molecular weight excluding hydrogens is 333 g/mol. The number of hydrogen-bond acceptors (Lipinski definition) is 3. The zero-order valence-corrected chi connectivity index (χ0v) is 14.7. The molecule has 0 spiro atoms. The van der Waals surface area contributed by atoms with E-state index in [9.17, 15) is 14.0 Å². The first-order valence-corrected chi connectivity index (χ1v) is 8.79. The first-order chi connectivity index (χ1) is 12.5. The summed E-state index contributed by atoms with van der Waals surface area (Å²) >= 11 is 0. The van der Waals surface area contributed by atoms with Gasteiger partial charge in [0.2, 0.25) is 5.91 Å². The summed E-state index contributed by atoms with van der Waals surface area (Å²) < 4.78 is 13.0. The first kappa shape index (κ1) is 18.0. The maximum Gasteiger partial charge on any atom is 0.253 e. The third kappa shape index (κ3) is 4.25. The van der Waals surface area contributed by atoms with Gasteiger partial charge < -0.3 is 10.2 Å². The van der Waals surface area contributed by atoms with Gasteiger partial charge in [-0.3, -0.25) is 14.6 Å². The average Bonchev–Trinajstić information content (AvgIpc) is 2.69. The Kier molecular flexibility index (Phi) is 5.61. The van der Waals surface area contributed by atoms with E-state index >= 15 is 0 Å². The Balaban J connectivity index is 1.52. The van der Waals surface area contributed by atoms with Crippen LogP contribution in [0.1, 0.15) is 41.7 Å². The lowest BCUT2D eigenvalue weighted by Crippen LogP contribution is -2.43. The molecule has 0 bridgehead atoms. The number of carbonyl (C=O) groups excluding carboxylic acids is 2. The summed E-state index contributed by atoms with van der Waals surface area (Å²) in [6, 6.07) is 9.25. The van der Waals surface area contributed by atoms with Crippen molar-refractivity contribution in [3.05, 3.63) is 65.7 Å². The van der Waals surface area contributed by atoms with Crippen molar-refractivity contribution in [2.75, 3.05) is 13.1 Å². The molecule has 1 fully saturated rings. The van der Waals surface area contributed by atoms with Crippen LogP contribution in [0.5, 0.6) is 0 Å². The normalized spacial score (nSPS) is 16.2. The third-order valence-electron chi connectivity index (χ3n) is 4.81. The summed E-state index contributed by atoms with van der Waals surface area (Å²) in [7, 11) is 0. The van der Waals surface area contributed by atoms with Gasteiger partial charge in [0.25, 0.3) is 5.91 Å². The summed E-state index contributed by atoms with van der Waals surface area (Å²) in [6.45, 7) is 3.00. The van der Waals surface area contributed by atoms with Crippen molar-refractivity contribution in [2.24, 2.45) is 5.92 Å². The molecular formula is C20H22FN3O2. The molecule has 1 N–H and O–H groups in total. The number of likely N-dealkylation sites (tertiary alicyclic amines) is 1. The molecule has 26 heavy (non-hydrogen) atoms. The van der Waals surface area contributed by atoms with Crippen LogP contribution in [-0.4, -0.2) is 34.8 Å². The SMILES string of the molecule is CC(NC(=O)C1CCN(C(=O)c2ccc(F)cc2)CC1)c1ccncc1. The van der Waals surface area contributed by atoms with Gasteiger partial charge in [0.1, 0.15) is 5.82 Å². The maximum absolute atomic E-state index is 13.0. The van der Waals surface area contributed by atoms with Gasteiger partial charge in [-0.2, -0.15) is 0 Å². The van der Waals surface area contributed by atoms with Crippen LogP contribution in [0, 0.1) is 11.7 Å². The van der Waals surface area contributed by atoms with Crippen LogP contribution in [0.4, 0.5) is 4.39 Å². The van der Waals surface area contributed by atoms with Crippen molar-refractivity contribution in [1.82, 2.24) is 15.2 Å². The number of nitrogens with one attached hydrogen (secondary N) is 1. The maximum atomic E-state index is 13.0. The van der Waals surface area contributed by atoms with Crippen molar-refractivity contribution < 1.29 is 14.0 Å². The highest BCUT2D eigenvalue weighted by atomic mass is 19.1. The van der Waals surface area contributed by atoms with Gasteiger partial charge in [-0.05, 0) is 61.7 Å². The Morgan fingerprint density at radius 2 is 1.73 bits per heavy atom. The fourth-order valence-electron chi connectivity index (χ4n) is 3.19. The Morgan fingerprint density at radius 3 is 2.35 bits per heavy atom. The summed E-state index contributed by atoms with van der Waals surface area (Å²) in [4.78, 5) is 30.6. The van der Waals surface area contributed by atoms with Crippen LogP contribution in [0.15, 0.2) is 48.8 Å². The van der Waals surface area contributed by atoms with Crippen LogP contribution in [0.3, 0.4) is 0 Å². The number of aromatic nitrogens is 1. The minimum Gasteiger partial charge on any atom is -0.349 e. The van der Waals surface area contributed by atoms with Crippen molar-refractivity contribution >= 4 is 11.8 Å². The van der Waals surface area contributed by atoms with E-state index in [0.29, 0.717) is 31.5 Å². The molecule has 0 saturated carbocycles. The predicted octanol–water partition coefficient (Wildman–Crippen LogP) is 2.95. The van der Waals surface area contributed by atoms with Gasteiger partial charge >= 0.3 is 0 Å². The molecule has 0 aliphatic carbocycles. The Morgan fingerprint density at radius 1 is 1.12 bits per heavy atom. The highest BCUT2D eigenvalue weighted by Gasteiger charge is 2.28. The van der Waals surface area contributed by atoms with Crippen LogP contribution in [0.2, 0.25) is 0 Å². The molecule has 5 nitrogen and oxygen atoms in total. The summed E-state index contributed by atoms with van der Waals surface area (Å²) in [6.07, 6.45) is 4.67. The molecule has 1 aromatic heterocycles. The van der Waals surface area contributed by atoms with Crippen LogP contribution in [-0.2, 0) is 4.79 Å². The van der Waals surface area contributed by atoms with Gasteiger partial charge in [0.05, 0.1) is 6.04 Å². The number of amides is 2. The van der Waals surface area contributed by atoms with Gasteiger partial charge in [-0.25, -0.2) is 4.39 Å². The predicted molar refractivity (Wildman–Crippen MR) is 95.8 cm³/mol. The second-order valence-electron chi connectivity index (χ2n) is 6.58. The van der Waals surface area contributed by atoms with Gasteiger partial charge in [-0.15, -0.1) is 0 Å². The molecule has 1 saturated heterocycles. The zero-order chi connectivity index (χ0) is 18.5. The Bertz CT molecular complexity index is 756. The van der Waals surface area contributed by atoms with E-state index < -0.39 is 0 Å². The first-order valence-electron chi connectivity index (χ1n) is 8.79. The molecule has 1 atom stereocenters. The lowest BCUT2D eigenvalue weighted by atomic mass is 9.94. The standard InChI is InChI=1S/C20H22FN3O2/c1-14(15-6-10-22-11-7-15)23-19(25)16-8-12-24(13-9-16)20(26)17-2-4-18(21)5-3-17/h2-7,10-11,14,16H,8-9,12-13H2,1H3,(H,23,25). The van der Waals surface area contributed by atoms with E-state index in [2.05, 4.69) is 10.3 Å². The van der Waals surface area contributed by atoms with E-state index in [-0.39, 0.29) is 29.6 Å². The summed E-state index contributed by atoms with van der Waals surface area (Å²) in [5, 5.41) is 3.04. The molecule has 2 heterocycles. The van der Waals surface area contributed by atoms with E-state index in [0.717, 1.165) is 5.56 Å². The molecule has 0 radical (unpaired) electrons. The van der Waals surface area contributed by atoms with E-state index in [1.165, 1.54) is 24.3 Å². The number of benzene rings is 1. The van der Waals surface area contributed by atoms with Crippen molar-refractivity contribution in [3.63, 3.8) is 0 Å². The van der Waals surface area contributed by atoms with E-state index in [1.54, 1.807) is 17.3 Å². The highest BCUT2D eigenvalue weighted by Crippen LogP contribution is 2.21. The number of rotatable bonds is 4. The number of hydrogen-bond donors (Lipinski definition) is 1. The molecule has 2 aromatic rings. The smallest absolute Gasteiger partial charge is 0.253 e. The van der Waals surface area contributed by atoms with Crippen molar-refractivity contribution in [2.45, 2.75) is 25.8 Å². The molecule has 6 heteroatoms. The lowest BCUT2D eigenvalue weighted by molar-refractivity contribution is -0.127. The lowest BCUT2D eigenvalue weighted by Gasteiger charge is -2.32. The van der Waals surface area contributed by atoms with E-state index in [1.807, 2.05) is 19.1 Å². The molecule has 3 rings (SSSR count). The quantitative estimate of drug-likeness (QED) is 0.917. The largest absolute Gasteiger partial charge is 0.349 e. The van der Waals surface area contributed by atoms with Gasteiger partial charge in [0, 0.05) is 37.0 Å². The van der Waals surface area contributed by atoms with Crippen LogP contribution < -0.4 is 5.32 Å². The van der Waals surface area contributed by atoms with Crippen LogP contribution >= 0.6 is 0 Å². The Hall–Kier alpha value is -2.76. The van der Waals surface area contributed by atoms with Crippen LogP contribution in [0.25, 0.3) is 0 Å². The second kappa shape index (κ2) is 8.08. The number of pyridine rings is 1. The van der Waals surface area contributed by atoms with Crippen molar-refractivity contribution in [1.29, 1.82) is 0 Å². The van der Waals surface area contributed by atoms with E-state index in [4.69, 9.17) is 0 Å². The fraction of sp³-hybridized carbons (Fsp3) is 0.350. The third-order valence-corrected chi connectivity index (χ3v) is 4.81. The molecule has 136 valence electrons. The zero-order valence-electron chi connectivity index (χ0n) is 14.7. The molecule has 1 aliphatic heterocycles. The topological polar surface area (TPSA) is 62.3 Å². The summed E-state index contributed by atoms with van der Waals surface area (Å²) in [5.74, 6) is -0.561. The number of piperidine rings is 1. The summed E-state index contributed by atoms with van der Waals surface area (Å²) in [5.41, 5.74) is 1.48. The monoisotopic (exact) mass is 355 g/mol. The van der Waals surface area contributed by atoms with Crippen molar-refractivity contribution in [3.8, 4) is 0 Å². The fourth-order valence-corrected chi connectivity index (χ4v) is 3.19. The van der Waals surface area contributed by atoms with Gasteiger partial charge in [-0.1, -0.05) is 0 Å². The number of carbonyl (C=O) groups is 2. The second-order valence-corrected chi connectivity index (χ2v) is 6.58. The highest BCUT2D eigenvalue weighted by molar-refractivity contribution is 5.94. The average molecular weight is 355 g/mol. The van der Waals surface area contributed by atoms with Gasteiger partial charge in [0.15, 0.2) is 0 Å². The number of nitrogens with zero attached hydrogens (tertiary/aromatic N) is 2. The molecule has 1 unspecified atom stereocenters. The molecule has 2 amide bonds. The molecule has 1 aromatic carbocycles.